The van der Waals surface area contributed by atoms with Crippen LogP contribution in [0.25, 0.3) is 11.0 Å². The summed E-state index contributed by atoms with van der Waals surface area (Å²) in [4.78, 5) is 3.69. The summed E-state index contributed by atoms with van der Waals surface area (Å²) in [6.45, 7) is 2.10. The van der Waals surface area contributed by atoms with Crippen molar-refractivity contribution in [3.05, 3.63) is 24.0 Å². The van der Waals surface area contributed by atoms with Gasteiger partial charge in [0.1, 0.15) is 0 Å². The van der Waals surface area contributed by atoms with Crippen LogP contribution >= 0.6 is 0 Å². The van der Waals surface area contributed by atoms with Gasteiger partial charge in [0, 0.05) is 25.4 Å². The zero-order valence-corrected chi connectivity index (χ0v) is 11.2. The number of aromatic nitrogens is 2. The summed E-state index contributed by atoms with van der Waals surface area (Å²) in [6.07, 6.45) is -4.04. The molecular weight excluding hydrogens is 271 g/mol. The second-order valence-corrected chi connectivity index (χ2v) is 4.68. The quantitative estimate of drug-likeness (QED) is 0.878. The largest absolute Gasteiger partial charge is 0.449 e. The van der Waals surface area contributed by atoms with Gasteiger partial charge in [-0.05, 0) is 31.5 Å². The predicted molar refractivity (Wildman–Crippen MR) is 70.4 cm³/mol. The molecule has 2 N–H and O–H groups in total. The molecule has 0 amide bonds. The molecule has 0 radical (unpaired) electrons. The molecule has 0 fully saturated rings. The van der Waals surface area contributed by atoms with Crippen molar-refractivity contribution in [1.82, 2.24) is 9.55 Å². The number of nitrogens with two attached hydrogens (primary N) is 1. The summed E-state index contributed by atoms with van der Waals surface area (Å²) in [5.41, 5.74) is 6.66. The Labute approximate surface area is 114 Å². The summed E-state index contributed by atoms with van der Waals surface area (Å²) in [7, 11) is 1.52. The van der Waals surface area contributed by atoms with Crippen LogP contribution in [0.5, 0.6) is 0 Å². The van der Waals surface area contributed by atoms with E-state index in [1.54, 1.807) is 19.1 Å². The number of methoxy groups -OCH3 is 1. The Morgan fingerprint density at radius 3 is 2.70 bits per heavy atom. The van der Waals surface area contributed by atoms with Gasteiger partial charge in [0.2, 0.25) is 5.82 Å². The van der Waals surface area contributed by atoms with Crippen molar-refractivity contribution in [1.29, 1.82) is 0 Å². The molecule has 20 heavy (non-hydrogen) atoms. The molecule has 0 saturated carbocycles. The maximum absolute atomic E-state index is 13.1. The molecule has 2 aromatic rings. The molecule has 0 aliphatic heterocycles. The van der Waals surface area contributed by atoms with Crippen molar-refractivity contribution in [3.63, 3.8) is 0 Å². The molecule has 0 spiro atoms. The highest BCUT2D eigenvalue weighted by Crippen LogP contribution is 2.34. The minimum Gasteiger partial charge on any atom is -0.399 e. The highest BCUT2D eigenvalue weighted by Gasteiger charge is 2.38. The van der Waals surface area contributed by atoms with Crippen LogP contribution in [0.4, 0.5) is 18.9 Å². The maximum atomic E-state index is 13.1. The van der Waals surface area contributed by atoms with E-state index in [0.717, 1.165) is 0 Å². The Morgan fingerprint density at radius 2 is 2.10 bits per heavy atom. The smallest absolute Gasteiger partial charge is 0.399 e. The Morgan fingerprint density at radius 1 is 1.40 bits per heavy atom. The number of anilines is 1. The predicted octanol–water partition coefficient (Wildman–Crippen LogP) is 3.23. The molecule has 110 valence electrons. The number of rotatable bonds is 4. The summed E-state index contributed by atoms with van der Waals surface area (Å²) >= 11 is 0. The number of imidazole rings is 1. The fraction of sp³-hybridized carbons (Fsp3) is 0.462. The van der Waals surface area contributed by atoms with Crippen LogP contribution in [0.2, 0.25) is 0 Å². The second kappa shape index (κ2) is 5.32. The van der Waals surface area contributed by atoms with Gasteiger partial charge in [0.05, 0.1) is 11.0 Å². The number of fused-ring (bicyclic) bond motifs is 1. The average molecular weight is 287 g/mol. The number of nitrogens with zero attached hydrogens (tertiary/aromatic N) is 2. The molecule has 1 atom stereocenters. The van der Waals surface area contributed by atoms with Crippen molar-refractivity contribution >= 4 is 16.7 Å². The van der Waals surface area contributed by atoms with E-state index in [1.807, 2.05) is 0 Å². The SMILES string of the molecule is COCCC(C)n1c(C(F)(F)F)nc2cc(N)ccc21. The van der Waals surface area contributed by atoms with Crippen LogP contribution in [0.3, 0.4) is 0 Å². The number of hydrogen-bond donors (Lipinski definition) is 1. The van der Waals surface area contributed by atoms with E-state index >= 15 is 0 Å². The number of halogens is 3. The molecule has 2 rings (SSSR count). The highest BCUT2D eigenvalue weighted by atomic mass is 19.4. The van der Waals surface area contributed by atoms with Gasteiger partial charge in [-0.25, -0.2) is 4.98 Å². The van der Waals surface area contributed by atoms with Gasteiger partial charge in [-0.3, -0.25) is 0 Å². The lowest BCUT2D eigenvalue weighted by Gasteiger charge is -2.18. The van der Waals surface area contributed by atoms with Crippen molar-refractivity contribution in [2.24, 2.45) is 0 Å². The average Bonchev–Trinajstić information content (AvgIpc) is 2.74. The molecule has 0 aliphatic carbocycles. The number of ether oxygens (including phenoxy) is 1. The molecule has 1 unspecified atom stereocenters. The van der Waals surface area contributed by atoms with Crippen LogP contribution in [0.1, 0.15) is 25.2 Å². The molecule has 7 heteroatoms. The first-order chi connectivity index (χ1) is 9.34. The summed E-state index contributed by atoms with van der Waals surface area (Å²) in [5.74, 6) is -0.901. The van der Waals surface area contributed by atoms with Gasteiger partial charge in [-0.1, -0.05) is 0 Å². The number of hydrogen-bond acceptors (Lipinski definition) is 3. The summed E-state index contributed by atoms with van der Waals surface area (Å²) < 4.78 is 45.5. The number of alkyl halides is 3. The minimum atomic E-state index is -4.50. The van der Waals surface area contributed by atoms with Gasteiger partial charge >= 0.3 is 6.18 Å². The molecule has 0 saturated heterocycles. The van der Waals surface area contributed by atoms with E-state index in [1.165, 1.54) is 17.7 Å². The van der Waals surface area contributed by atoms with Crippen molar-refractivity contribution in [2.75, 3.05) is 19.5 Å². The maximum Gasteiger partial charge on any atom is 0.449 e. The van der Waals surface area contributed by atoms with Gasteiger partial charge in [-0.15, -0.1) is 0 Å². The van der Waals surface area contributed by atoms with Gasteiger partial charge in [-0.2, -0.15) is 13.2 Å². The molecule has 1 aromatic heterocycles. The molecule has 0 bridgehead atoms. The van der Waals surface area contributed by atoms with E-state index in [9.17, 15) is 13.2 Å². The van der Waals surface area contributed by atoms with Gasteiger partial charge in [0.15, 0.2) is 0 Å². The first-order valence-corrected chi connectivity index (χ1v) is 6.18. The molecule has 4 nitrogen and oxygen atoms in total. The van der Waals surface area contributed by atoms with Crippen molar-refractivity contribution in [3.8, 4) is 0 Å². The Balaban J connectivity index is 2.58. The molecule has 0 aliphatic rings. The number of benzene rings is 1. The van der Waals surface area contributed by atoms with E-state index in [0.29, 0.717) is 24.2 Å². The molecule has 1 heterocycles. The fourth-order valence-electron chi connectivity index (χ4n) is 2.18. The van der Waals surface area contributed by atoms with Crippen molar-refractivity contribution in [2.45, 2.75) is 25.6 Å². The zero-order chi connectivity index (χ0) is 14.9. The zero-order valence-electron chi connectivity index (χ0n) is 11.2. The van der Waals surface area contributed by atoms with E-state index in [2.05, 4.69) is 4.98 Å². The van der Waals surface area contributed by atoms with E-state index in [4.69, 9.17) is 10.5 Å². The Kier molecular flexibility index (Phi) is 3.89. The highest BCUT2D eigenvalue weighted by molar-refractivity contribution is 5.80. The third-order valence-corrected chi connectivity index (χ3v) is 3.15. The van der Waals surface area contributed by atoms with E-state index < -0.39 is 12.0 Å². The van der Waals surface area contributed by atoms with E-state index in [-0.39, 0.29) is 11.6 Å². The topological polar surface area (TPSA) is 53.1 Å². The first kappa shape index (κ1) is 14.6. The van der Waals surface area contributed by atoms with Gasteiger partial charge in [0.25, 0.3) is 0 Å². The third-order valence-electron chi connectivity index (χ3n) is 3.15. The summed E-state index contributed by atoms with van der Waals surface area (Å²) in [5, 5.41) is 0. The first-order valence-electron chi connectivity index (χ1n) is 6.18. The normalized spacial score (nSPS) is 13.8. The molecular formula is C13H16F3N3O. The number of nitrogen functional groups attached to an aromatic ring is 1. The van der Waals surface area contributed by atoms with Crippen LogP contribution in [-0.2, 0) is 10.9 Å². The van der Waals surface area contributed by atoms with Crippen LogP contribution in [-0.4, -0.2) is 23.3 Å². The summed E-state index contributed by atoms with van der Waals surface area (Å²) in [6, 6.07) is 4.21. The van der Waals surface area contributed by atoms with Crippen LogP contribution in [0, 0.1) is 0 Å². The second-order valence-electron chi connectivity index (χ2n) is 4.68. The monoisotopic (exact) mass is 287 g/mol. The van der Waals surface area contributed by atoms with Crippen LogP contribution < -0.4 is 5.73 Å². The minimum absolute atomic E-state index is 0.251. The third kappa shape index (κ3) is 2.72. The van der Waals surface area contributed by atoms with Gasteiger partial charge < -0.3 is 15.0 Å². The van der Waals surface area contributed by atoms with Crippen LogP contribution in [0.15, 0.2) is 18.2 Å². The fourth-order valence-corrected chi connectivity index (χ4v) is 2.18. The molecule has 1 aromatic carbocycles. The lowest BCUT2D eigenvalue weighted by molar-refractivity contribution is -0.147. The lowest BCUT2D eigenvalue weighted by atomic mass is 10.2. The Hall–Kier alpha value is -1.76. The standard InChI is InChI=1S/C13H16F3N3O/c1-8(5-6-20-2)19-11-4-3-9(17)7-10(11)18-12(19)13(14,15)16/h3-4,7-8H,5-6,17H2,1-2H3. The lowest BCUT2D eigenvalue weighted by Crippen LogP contribution is -2.18. The van der Waals surface area contributed by atoms with Crippen molar-refractivity contribution < 1.29 is 17.9 Å². The Bertz CT molecular complexity index is 607.